The van der Waals surface area contributed by atoms with Gasteiger partial charge in [0.1, 0.15) is 12.3 Å². The maximum absolute atomic E-state index is 12.8. The monoisotopic (exact) mass is 398 g/mol. The Hall–Kier alpha value is -2.83. The Kier molecular flexibility index (Phi) is 5.07. The van der Waals surface area contributed by atoms with Crippen LogP contribution in [0.15, 0.2) is 48.5 Å². The third-order valence-electron chi connectivity index (χ3n) is 5.05. The zero-order valence-electron chi connectivity index (χ0n) is 14.9. The molecular formula is C21H19ClN2O4. The topological polar surface area (TPSA) is 91.4 Å². The predicted molar refractivity (Wildman–Crippen MR) is 106 cm³/mol. The van der Waals surface area contributed by atoms with Gasteiger partial charge in [-0.1, -0.05) is 35.9 Å². The Morgan fingerprint density at radius 2 is 2.04 bits per heavy atom. The quantitative estimate of drug-likeness (QED) is 0.593. The molecule has 4 rings (SSSR count). The molecular weight excluding hydrogens is 380 g/mol. The number of benzene rings is 2. The minimum atomic E-state index is -1.01. The first kappa shape index (κ1) is 18.5. The lowest BCUT2D eigenvalue weighted by atomic mass is 9.99. The van der Waals surface area contributed by atoms with Gasteiger partial charge in [-0.05, 0) is 41.8 Å². The zero-order chi connectivity index (χ0) is 19.7. The van der Waals surface area contributed by atoms with Crippen molar-refractivity contribution >= 4 is 34.4 Å². The number of carboxylic acid groups (broad SMARTS) is 1. The minimum absolute atomic E-state index is 0.0988. The van der Waals surface area contributed by atoms with Crippen molar-refractivity contribution in [2.75, 3.05) is 13.2 Å². The maximum atomic E-state index is 12.8. The van der Waals surface area contributed by atoms with Gasteiger partial charge in [0.2, 0.25) is 0 Å². The molecule has 0 saturated carbocycles. The Morgan fingerprint density at radius 1 is 1.21 bits per heavy atom. The van der Waals surface area contributed by atoms with E-state index in [-0.39, 0.29) is 31.1 Å². The van der Waals surface area contributed by atoms with Crippen LogP contribution < -0.4 is 5.32 Å². The lowest BCUT2D eigenvalue weighted by Crippen LogP contribution is -2.39. The van der Waals surface area contributed by atoms with Crippen LogP contribution in [0.3, 0.4) is 0 Å². The van der Waals surface area contributed by atoms with E-state index < -0.39 is 5.97 Å². The molecule has 28 heavy (non-hydrogen) atoms. The van der Waals surface area contributed by atoms with Crippen LogP contribution in [-0.2, 0) is 16.0 Å². The summed E-state index contributed by atoms with van der Waals surface area (Å²) in [7, 11) is 0. The second-order valence-corrected chi connectivity index (χ2v) is 7.35. The number of ether oxygens (including phenoxy) is 1. The minimum Gasteiger partial charge on any atom is -0.480 e. The van der Waals surface area contributed by atoms with Crippen molar-refractivity contribution in [3.05, 3.63) is 70.4 Å². The summed E-state index contributed by atoms with van der Waals surface area (Å²) in [5, 5.41) is 13.4. The van der Waals surface area contributed by atoms with Crippen molar-refractivity contribution in [1.29, 1.82) is 0 Å². The Labute approximate surface area is 166 Å². The summed E-state index contributed by atoms with van der Waals surface area (Å²) in [5.41, 5.74) is 3.52. The van der Waals surface area contributed by atoms with Gasteiger partial charge in [-0.2, -0.15) is 0 Å². The number of hydrogen-bond donors (Lipinski definition) is 3. The highest BCUT2D eigenvalue weighted by Crippen LogP contribution is 2.34. The first-order valence-corrected chi connectivity index (χ1v) is 9.35. The summed E-state index contributed by atoms with van der Waals surface area (Å²) < 4.78 is 5.34. The number of H-pyrrole nitrogens is 1. The van der Waals surface area contributed by atoms with Crippen molar-refractivity contribution in [2.24, 2.45) is 0 Å². The molecule has 0 fully saturated rings. The third-order valence-corrected chi connectivity index (χ3v) is 5.28. The van der Waals surface area contributed by atoms with E-state index in [1.54, 1.807) is 18.2 Å². The Morgan fingerprint density at radius 3 is 2.86 bits per heavy atom. The van der Waals surface area contributed by atoms with E-state index in [1.807, 2.05) is 30.3 Å². The number of aromatic nitrogens is 1. The van der Waals surface area contributed by atoms with E-state index in [1.165, 1.54) is 0 Å². The average molecular weight is 399 g/mol. The molecule has 1 aromatic heterocycles. The van der Waals surface area contributed by atoms with E-state index in [0.717, 1.165) is 22.0 Å². The van der Waals surface area contributed by atoms with Gasteiger partial charge in [0.15, 0.2) is 0 Å². The molecule has 0 unspecified atom stereocenters. The van der Waals surface area contributed by atoms with Gasteiger partial charge in [0.05, 0.1) is 6.61 Å². The Balaban J connectivity index is 1.52. The van der Waals surface area contributed by atoms with Crippen molar-refractivity contribution in [3.63, 3.8) is 0 Å². The van der Waals surface area contributed by atoms with Gasteiger partial charge in [-0.15, -0.1) is 0 Å². The van der Waals surface area contributed by atoms with Gasteiger partial charge in [0, 0.05) is 27.9 Å². The predicted octanol–water partition coefficient (Wildman–Crippen LogP) is 3.36. The highest BCUT2D eigenvalue weighted by atomic mass is 35.5. The van der Waals surface area contributed by atoms with E-state index >= 15 is 0 Å². The average Bonchev–Trinajstić information content (AvgIpc) is 3.23. The molecule has 2 atom stereocenters. The number of carbonyl (C=O) groups is 2. The standard InChI is InChI=1S/C21H19ClN2O4/c22-14-5-6-17-13(7-14)9-19(23-17)21(27)24-18-8-12-3-1-2-4-15(12)16(18)10-28-11-20(25)26/h1-7,9,16,18,23H,8,10-11H2,(H,24,27)(H,25,26)/t16-,18-/m1/s1. The van der Waals surface area contributed by atoms with Crippen LogP contribution in [0.5, 0.6) is 0 Å². The largest absolute Gasteiger partial charge is 0.480 e. The summed E-state index contributed by atoms with van der Waals surface area (Å²) in [4.78, 5) is 26.7. The molecule has 0 radical (unpaired) electrons. The number of nitrogens with one attached hydrogen (secondary N) is 2. The molecule has 3 N–H and O–H groups in total. The number of amides is 1. The molecule has 2 aromatic carbocycles. The fourth-order valence-corrected chi connectivity index (χ4v) is 3.96. The molecule has 1 aliphatic carbocycles. The van der Waals surface area contributed by atoms with Gasteiger partial charge in [-0.3, -0.25) is 4.79 Å². The lowest BCUT2D eigenvalue weighted by molar-refractivity contribution is -0.142. The van der Waals surface area contributed by atoms with Crippen molar-refractivity contribution in [1.82, 2.24) is 10.3 Å². The van der Waals surface area contributed by atoms with Crippen LogP contribution in [0, 0.1) is 0 Å². The van der Waals surface area contributed by atoms with Crippen molar-refractivity contribution in [3.8, 4) is 0 Å². The highest BCUT2D eigenvalue weighted by Gasteiger charge is 2.34. The highest BCUT2D eigenvalue weighted by molar-refractivity contribution is 6.31. The molecule has 1 heterocycles. The molecule has 1 aliphatic rings. The molecule has 3 aromatic rings. The summed E-state index contributed by atoms with van der Waals surface area (Å²) in [6, 6.07) is 14.9. The first-order valence-electron chi connectivity index (χ1n) is 8.98. The van der Waals surface area contributed by atoms with E-state index in [9.17, 15) is 9.59 Å². The molecule has 144 valence electrons. The SMILES string of the molecule is O=C(O)COC[C@@H]1c2ccccc2C[C@H]1NC(=O)c1cc2cc(Cl)ccc2[nH]1. The van der Waals surface area contributed by atoms with Crippen LogP contribution in [-0.4, -0.2) is 41.2 Å². The van der Waals surface area contributed by atoms with E-state index in [4.69, 9.17) is 21.4 Å². The summed E-state index contributed by atoms with van der Waals surface area (Å²) in [6.45, 7) is -0.126. The summed E-state index contributed by atoms with van der Waals surface area (Å²) in [5.74, 6) is -1.32. The molecule has 0 aliphatic heterocycles. The normalized spacial score (nSPS) is 18.2. The fourth-order valence-electron chi connectivity index (χ4n) is 3.78. The van der Waals surface area contributed by atoms with Crippen LogP contribution in [0.2, 0.25) is 5.02 Å². The van der Waals surface area contributed by atoms with Gasteiger partial charge < -0.3 is 20.1 Å². The van der Waals surface area contributed by atoms with Gasteiger partial charge in [0.25, 0.3) is 5.91 Å². The first-order chi connectivity index (χ1) is 13.5. The number of fused-ring (bicyclic) bond motifs is 2. The number of carboxylic acids is 1. The van der Waals surface area contributed by atoms with E-state index in [2.05, 4.69) is 10.3 Å². The maximum Gasteiger partial charge on any atom is 0.329 e. The van der Waals surface area contributed by atoms with Gasteiger partial charge >= 0.3 is 5.97 Å². The molecule has 0 bridgehead atoms. The van der Waals surface area contributed by atoms with Crippen LogP contribution >= 0.6 is 11.6 Å². The van der Waals surface area contributed by atoms with Crippen molar-refractivity contribution < 1.29 is 19.4 Å². The number of carbonyl (C=O) groups excluding carboxylic acids is 1. The smallest absolute Gasteiger partial charge is 0.329 e. The Bertz CT molecular complexity index is 1050. The number of halogens is 1. The van der Waals surface area contributed by atoms with Crippen LogP contribution in [0.1, 0.15) is 27.5 Å². The molecule has 0 saturated heterocycles. The number of aromatic amines is 1. The van der Waals surface area contributed by atoms with Crippen LogP contribution in [0.4, 0.5) is 0 Å². The second kappa shape index (κ2) is 7.66. The molecule has 6 nitrogen and oxygen atoms in total. The number of rotatable bonds is 6. The molecule has 7 heteroatoms. The fraction of sp³-hybridized carbons (Fsp3) is 0.238. The second-order valence-electron chi connectivity index (χ2n) is 6.91. The summed E-state index contributed by atoms with van der Waals surface area (Å²) >= 11 is 6.02. The number of aliphatic carboxylic acids is 1. The van der Waals surface area contributed by atoms with Crippen molar-refractivity contribution in [2.45, 2.75) is 18.4 Å². The third kappa shape index (κ3) is 3.74. The molecule has 0 spiro atoms. The van der Waals surface area contributed by atoms with Crippen LogP contribution in [0.25, 0.3) is 10.9 Å². The zero-order valence-corrected chi connectivity index (χ0v) is 15.7. The summed E-state index contributed by atoms with van der Waals surface area (Å²) in [6.07, 6.45) is 0.676. The number of hydrogen-bond acceptors (Lipinski definition) is 3. The lowest BCUT2D eigenvalue weighted by Gasteiger charge is -2.21. The van der Waals surface area contributed by atoms with E-state index in [0.29, 0.717) is 17.1 Å². The molecule has 1 amide bonds. The van der Waals surface area contributed by atoms with Gasteiger partial charge in [-0.25, -0.2) is 4.79 Å².